The molecular formula is C30H46O3. The van der Waals surface area contributed by atoms with E-state index in [9.17, 15) is 9.59 Å². The minimum Gasteiger partial charge on any atom is -0.461 e. The average molecular weight is 455 g/mol. The molecular weight excluding hydrogens is 408 g/mol. The van der Waals surface area contributed by atoms with E-state index in [1.807, 2.05) is 0 Å². The molecule has 2 bridgehead atoms. The quantitative estimate of drug-likeness (QED) is 0.371. The van der Waals surface area contributed by atoms with Gasteiger partial charge in [-0.2, -0.15) is 0 Å². The number of ether oxygens (including phenoxy) is 1. The molecule has 0 spiro atoms. The molecule has 6 aliphatic rings. The Labute approximate surface area is 201 Å². The third-order valence-electron chi connectivity index (χ3n) is 13.8. The maximum Gasteiger partial charge on any atom is 0.312 e. The van der Waals surface area contributed by atoms with E-state index in [0.717, 1.165) is 32.1 Å². The van der Waals surface area contributed by atoms with Crippen LogP contribution in [-0.4, -0.2) is 17.9 Å². The first-order chi connectivity index (χ1) is 15.2. The number of hydrogen-bond donors (Lipinski definition) is 0. The van der Waals surface area contributed by atoms with Crippen molar-refractivity contribution in [2.24, 2.45) is 56.2 Å². The average Bonchev–Trinajstić information content (AvgIpc) is 2.99. The molecule has 0 N–H and O–H groups in total. The zero-order chi connectivity index (χ0) is 23.8. The molecule has 1 saturated heterocycles. The van der Waals surface area contributed by atoms with Crippen LogP contribution in [0.1, 0.15) is 113 Å². The van der Waals surface area contributed by atoms with Gasteiger partial charge in [-0.05, 0) is 91.8 Å². The lowest BCUT2D eigenvalue weighted by molar-refractivity contribution is -0.239. The predicted octanol–water partition coefficient (Wildman–Crippen LogP) is 6.97. The molecule has 0 aromatic rings. The van der Waals surface area contributed by atoms with Crippen LogP contribution >= 0.6 is 0 Å². The summed E-state index contributed by atoms with van der Waals surface area (Å²) in [6.45, 7) is 17.0. The summed E-state index contributed by atoms with van der Waals surface area (Å²) in [6, 6.07) is 0. The van der Waals surface area contributed by atoms with E-state index >= 15 is 0 Å². The summed E-state index contributed by atoms with van der Waals surface area (Å²) in [5.41, 5.74) is 0.494. The van der Waals surface area contributed by atoms with E-state index in [4.69, 9.17) is 4.74 Å². The van der Waals surface area contributed by atoms with Gasteiger partial charge in [0.1, 0.15) is 11.9 Å². The van der Waals surface area contributed by atoms with Gasteiger partial charge in [-0.25, -0.2) is 0 Å². The topological polar surface area (TPSA) is 43.4 Å². The van der Waals surface area contributed by atoms with E-state index in [1.165, 1.54) is 32.1 Å². The minimum absolute atomic E-state index is 0.0910. The number of rotatable bonds is 0. The number of carbonyl (C=O) groups excluding carboxylic acids is 2. The van der Waals surface area contributed by atoms with E-state index in [0.29, 0.717) is 29.5 Å². The van der Waals surface area contributed by atoms with Crippen molar-refractivity contribution < 1.29 is 14.3 Å². The zero-order valence-corrected chi connectivity index (χ0v) is 22.2. The van der Waals surface area contributed by atoms with Crippen LogP contribution in [0, 0.1) is 56.2 Å². The van der Waals surface area contributed by atoms with Gasteiger partial charge in [-0.15, -0.1) is 0 Å². The van der Waals surface area contributed by atoms with Gasteiger partial charge in [0.25, 0.3) is 0 Å². The van der Waals surface area contributed by atoms with Crippen molar-refractivity contribution in [1.82, 2.24) is 0 Å². The van der Waals surface area contributed by atoms with Gasteiger partial charge in [0.15, 0.2) is 0 Å². The Bertz CT molecular complexity index is 918. The molecule has 9 unspecified atom stereocenters. The number of hydrogen-bond acceptors (Lipinski definition) is 3. The van der Waals surface area contributed by atoms with Crippen LogP contribution in [0.3, 0.4) is 0 Å². The molecule has 0 aromatic carbocycles. The fraction of sp³-hybridized carbons (Fsp3) is 0.933. The van der Waals surface area contributed by atoms with Gasteiger partial charge in [0.2, 0.25) is 0 Å². The fourth-order valence-corrected chi connectivity index (χ4v) is 11.6. The van der Waals surface area contributed by atoms with Gasteiger partial charge >= 0.3 is 5.97 Å². The highest BCUT2D eigenvalue weighted by atomic mass is 16.6. The van der Waals surface area contributed by atoms with Gasteiger partial charge in [0.05, 0.1) is 5.41 Å². The summed E-state index contributed by atoms with van der Waals surface area (Å²) < 4.78 is 6.27. The highest BCUT2D eigenvalue weighted by Crippen LogP contribution is 2.77. The van der Waals surface area contributed by atoms with E-state index < -0.39 is 0 Å². The minimum atomic E-state index is -0.200. The molecule has 6 rings (SSSR count). The molecule has 6 fully saturated rings. The SMILES string of the molecule is CC1(C)CCC23CCC4(C)C(CCC5C6(C)CCC(=O)C(C)(C)C6CCC54C)C2C1OC3=O. The second-order valence-corrected chi connectivity index (χ2v) is 15.3. The summed E-state index contributed by atoms with van der Waals surface area (Å²) in [7, 11) is 0. The third kappa shape index (κ3) is 2.39. The highest BCUT2D eigenvalue weighted by molar-refractivity contribution is 5.85. The third-order valence-corrected chi connectivity index (χ3v) is 13.8. The molecule has 0 aromatic heterocycles. The summed E-state index contributed by atoms with van der Waals surface area (Å²) in [5, 5.41) is 0. The summed E-state index contributed by atoms with van der Waals surface area (Å²) in [5.74, 6) is 2.80. The Kier molecular flexibility index (Phi) is 4.30. The first kappa shape index (κ1) is 22.6. The lowest BCUT2D eigenvalue weighted by Gasteiger charge is -2.72. The normalized spacial score (nSPS) is 56.2. The van der Waals surface area contributed by atoms with Crippen LogP contribution in [0.25, 0.3) is 0 Å². The molecule has 33 heavy (non-hydrogen) atoms. The largest absolute Gasteiger partial charge is 0.461 e. The molecule has 3 nitrogen and oxygen atoms in total. The number of fused-ring (bicyclic) bond motifs is 5. The lowest BCUT2D eigenvalue weighted by atomic mass is 9.31. The van der Waals surface area contributed by atoms with Crippen molar-refractivity contribution in [1.29, 1.82) is 0 Å². The van der Waals surface area contributed by atoms with Crippen LogP contribution in [0.4, 0.5) is 0 Å². The molecule has 9 atom stereocenters. The van der Waals surface area contributed by atoms with Crippen LogP contribution < -0.4 is 0 Å². The smallest absolute Gasteiger partial charge is 0.312 e. The lowest BCUT2D eigenvalue weighted by Crippen LogP contribution is -2.67. The molecule has 1 heterocycles. The predicted molar refractivity (Wildman–Crippen MR) is 129 cm³/mol. The van der Waals surface area contributed by atoms with Gasteiger partial charge in [-0.1, -0.05) is 48.5 Å². The van der Waals surface area contributed by atoms with Crippen LogP contribution in [0.5, 0.6) is 0 Å². The van der Waals surface area contributed by atoms with Crippen molar-refractivity contribution in [2.75, 3.05) is 0 Å². The second-order valence-electron chi connectivity index (χ2n) is 15.3. The Balaban J connectivity index is 1.42. The molecule has 3 heteroatoms. The first-order valence-corrected chi connectivity index (χ1v) is 14.0. The molecule has 0 radical (unpaired) electrons. The van der Waals surface area contributed by atoms with E-state index in [1.54, 1.807) is 0 Å². The zero-order valence-electron chi connectivity index (χ0n) is 22.2. The molecule has 1 aliphatic heterocycles. The Morgan fingerprint density at radius 1 is 0.727 bits per heavy atom. The number of ketones is 1. The van der Waals surface area contributed by atoms with Gasteiger partial charge < -0.3 is 4.74 Å². The Hall–Kier alpha value is -0.860. The molecule has 5 saturated carbocycles. The monoisotopic (exact) mass is 454 g/mol. The number of carbonyl (C=O) groups is 2. The van der Waals surface area contributed by atoms with Gasteiger partial charge in [0, 0.05) is 23.2 Å². The number of esters is 1. The maximum atomic E-state index is 13.3. The van der Waals surface area contributed by atoms with Crippen molar-refractivity contribution in [3.05, 3.63) is 0 Å². The van der Waals surface area contributed by atoms with Crippen LogP contribution in [0.2, 0.25) is 0 Å². The van der Waals surface area contributed by atoms with Crippen molar-refractivity contribution >= 4 is 11.8 Å². The highest BCUT2D eigenvalue weighted by Gasteiger charge is 2.75. The summed E-state index contributed by atoms with van der Waals surface area (Å²) >= 11 is 0. The van der Waals surface area contributed by atoms with Crippen molar-refractivity contribution in [2.45, 2.75) is 119 Å². The summed E-state index contributed by atoms with van der Waals surface area (Å²) in [4.78, 5) is 26.3. The van der Waals surface area contributed by atoms with Gasteiger partial charge in [-0.3, -0.25) is 9.59 Å². The molecule has 0 amide bonds. The maximum absolute atomic E-state index is 13.3. The first-order valence-electron chi connectivity index (χ1n) is 14.0. The molecule has 184 valence electrons. The standard InChI is InChI=1S/C30H46O3/c1-25(2)14-16-30-17-15-28(6)18(22(30)23(25)33-24(30)32)8-9-20-27(5)12-11-21(31)26(3,4)19(27)10-13-29(20,28)7/h18-20,22-23H,8-17H2,1-7H3. The Morgan fingerprint density at radius 3 is 2.15 bits per heavy atom. The van der Waals surface area contributed by atoms with E-state index in [-0.39, 0.29) is 44.6 Å². The number of Topliss-reactive ketones (excluding diaryl/α,β-unsaturated/α-hetero) is 1. The fourth-order valence-electron chi connectivity index (χ4n) is 11.6. The summed E-state index contributed by atoms with van der Waals surface area (Å²) in [6.07, 6.45) is 11.2. The van der Waals surface area contributed by atoms with Crippen LogP contribution in [-0.2, 0) is 14.3 Å². The second kappa shape index (κ2) is 6.28. The van der Waals surface area contributed by atoms with E-state index in [2.05, 4.69) is 48.5 Å². The van der Waals surface area contributed by atoms with Crippen molar-refractivity contribution in [3.8, 4) is 0 Å². The van der Waals surface area contributed by atoms with Crippen molar-refractivity contribution in [3.63, 3.8) is 0 Å². The van der Waals surface area contributed by atoms with Crippen LogP contribution in [0.15, 0.2) is 0 Å². The molecule has 5 aliphatic carbocycles. The Morgan fingerprint density at radius 2 is 1.42 bits per heavy atom.